The van der Waals surface area contributed by atoms with Gasteiger partial charge in [0, 0.05) is 12.3 Å². The van der Waals surface area contributed by atoms with Gasteiger partial charge in [-0.25, -0.2) is 0 Å². The summed E-state index contributed by atoms with van der Waals surface area (Å²) < 4.78 is 0. The highest BCUT2D eigenvalue weighted by molar-refractivity contribution is 6.01. The molecule has 102 valence electrons. The van der Waals surface area contributed by atoms with Crippen molar-refractivity contribution in [2.75, 3.05) is 0 Å². The lowest BCUT2D eigenvalue weighted by atomic mass is 9.97. The Morgan fingerprint density at radius 1 is 1.44 bits per heavy atom. The van der Waals surface area contributed by atoms with Crippen molar-refractivity contribution < 1.29 is 14.4 Å². The molecular formula is C13H22N2O3. The van der Waals surface area contributed by atoms with Crippen LogP contribution in [0, 0.1) is 5.92 Å². The normalized spacial score (nSPS) is 21.3. The highest BCUT2D eigenvalue weighted by Crippen LogP contribution is 2.14. The molecule has 0 saturated carbocycles. The lowest BCUT2D eigenvalue weighted by Gasteiger charge is -2.24. The molecule has 2 unspecified atom stereocenters. The maximum absolute atomic E-state index is 12.0. The summed E-state index contributed by atoms with van der Waals surface area (Å²) in [4.78, 5) is 34.5. The Balaban J connectivity index is 2.47. The lowest BCUT2D eigenvalue weighted by Crippen LogP contribution is -2.53. The minimum absolute atomic E-state index is 0.0321. The molecule has 1 aliphatic heterocycles. The standard InChI is InChI=1S/C13H22N2O3/c1-3-5-6-9(4-2)12(17)14-10-7-8-11(16)15-13(10)18/h9-10H,3-8H2,1-2H3,(H,14,17)(H,15,16,18). The van der Waals surface area contributed by atoms with Gasteiger partial charge in [-0.05, 0) is 19.3 Å². The van der Waals surface area contributed by atoms with E-state index in [0.29, 0.717) is 12.8 Å². The van der Waals surface area contributed by atoms with Gasteiger partial charge in [-0.15, -0.1) is 0 Å². The van der Waals surface area contributed by atoms with Crippen molar-refractivity contribution in [2.24, 2.45) is 5.92 Å². The summed E-state index contributed by atoms with van der Waals surface area (Å²) in [5.74, 6) is -0.746. The SMILES string of the molecule is CCCCC(CC)C(=O)NC1CCC(=O)NC1=O. The van der Waals surface area contributed by atoms with E-state index in [1.54, 1.807) is 0 Å². The molecule has 0 spiro atoms. The van der Waals surface area contributed by atoms with Gasteiger partial charge in [0.25, 0.3) is 0 Å². The van der Waals surface area contributed by atoms with Gasteiger partial charge in [0.05, 0.1) is 0 Å². The van der Waals surface area contributed by atoms with E-state index in [4.69, 9.17) is 0 Å². The second-order valence-electron chi connectivity index (χ2n) is 4.76. The molecule has 0 aromatic heterocycles. The Morgan fingerprint density at radius 2 is 2.17 bits per heavy atom. The third-order valence-electron chi connectivity index (χ3n) is 3.33. The number of nitrogens with one attached hydrogen (secondary N) is 2. The third-order valence-corrected chi connectivity index (χ3v) is 3.33. The number of unbranched alkanes of at least 4 members (excludes halogenated alkanes) is 1. The van der Waals surface area contributed by atoms with E-state index >= 15 is 0 Å². The van der Waals surface area contributed by atoms with Crippen molar-refractivity contribution in [1.82, 2.24) is 10.6 Å². The highest BCUT2D eigenvalue weighted by atomic mass is 16.2. The molecule has 1 heterocycles. The number of carbonyl (C=O) groups is 3. The van der Waals surface area contributed by atoms with E-state index < -0.39 is 6.04 Å². The van der Waals surface area contributed by atoms with Crippen molar-refractivity contribution >= 4 is 17.7 Å². The molecule has 1 fully saturated rings. The topological polar surface area (TPSA) is 75.3 Å². The Labute approximate surface area is 108 Å². The zero-order chi connectivity index (χ0) is 13.5. The first-order valence-electron chi connectivity index (χ1n) is 6.72. The fourth-order valence-corrected chi connectivity index (χ4v) is 2.09. The molecule has 2 atom stereocenters. The number of hydrogen-bond acceptors (Lipinski definition) is 3. The molecule has 3 amide bonds. The molecule has 0 aromatic carbocycles. The van der Waals surface area contributed by atoms with Gasteiger partial charge < -0.3 is 5.32 Å². The Hall–Kier alpha value is -1.39. The van der Waals surface area contributed by atoms with Crippen molar-refractivity contribution in [3.8, 4) is 0 Å². The number of carbonyl (C=O) groups excluding carboxylic acids is 3. The zero-order valence-corrected chi connectivity index (χ0v) is 11.1. The second kappa shape index (κ2) is 7.13. The van der Waals surface area contributed by atoms with Gasteiger partial charge in [0.15, 0.2) is 0 Å². The third kappa shape index (κ3) is 4.13. The van der Waals surface area contributed by atoms with E-state index in [2.05, 4.69) is 17.6 Å². The van der Waals surface area contributed by atoms with E-state index in [-0.39, 0.29) is 23.6 Å². The summed E-state index contributed by atoms with van der Waals surface area (Å²) in [7, 11) is 0. The molecule has 1 rings (SSSR count). The predicted molar refractivity (Wildman–Crippen MR) is 67.6 cm³/mol. The number of hydrogen-bond donors (Lipinski definition) is 2. The van der Waals surface area contributed by atoms with Crippen LogP contribution in [0.25, 0.3) is 0 Å². The molecule has 0 bridgehead atoms. The number of rotatable bonds is 6. The van der Waals surface area contributed by atoms with E-state index in [1.165, 1.54) is 0 Å². The largest absolute Gasteiger partial charge is 0.344 e. The molecule has 0 aromatic rings. The molecule has 1 saturated heterocycles. The minimum Gasteiger partial charge on any atom is -0.344 e. The van der Waals surface area contributed by atoms with Crippen LogP contribution in [0.1, 0.15) is 52.4 Å². The Morgan fingerprint density at radius 3 is 2.72 bits per heavy atom. The smallest absolute Gasteiger partial charge is 0.249 e. The van der Waals surface area contributed by atoms with Crippen molar-refractivity contribution in [2.45, 2.75) is 58.4 Å². The summed E-state index contributed by atoms with van der Waals surface area (Å²) in [6.07, 6.45) is 4.40. The fraction of sp³-hybridized carbons (Fsp3) is 0.769. The average molecular weight is 254 g/mol. The maximum Gasteiger partial charge on any atom is 0.249 e. The number of piperidine rings is 1. The van der Waals surface area contributed by atoms with Crippen LogP contribution in [0.5, 0.6) is 0 Å². The van der Waals surface area contributed by atoms with Crippen LogP contribution in [-0.2, 0) is 14.4 Å². The molecule has 0 radical (unpaired) electrons. The van der Waals surface area contributed by atoms with Gasteiger partial charge in [0.1, 0.15) is 6.04 Å². The first-order chi connectivity index (χ1) is 8.58. The van der Waals surface area contributed by atoms with Crippen LogP contribution in [-0.4, -0.2) is 23.8 Å². The monoisotopic (exact) mass is 254 g/mol. The molecule has 5 heteroatoms. The quantitative estimate of drug-likeness (QED) is 0.698. The van der Waals surface area contributed by atoms with Crippen LogP contribution in [0.3, 0.4) is 0 Å². The second-order valence-corrected chi connectivity index (χ2v) is 4.76. The van der Waals surface area contributed by atoms with Crippen LogP contribution in [0.4, 0.5) is 0 Å². The van der Waals surface area contributed by atoms with Gasteiger partial charge >= 0.3 is 0 Å². The summed E-state index contributed by atoms with van der Waals surface area (Å²) in [6.45, 7) is 4.06. The highest BCUT2D eigenvalue weighted by Gasteiger charge is 2.29. The molecule has 2 N–H and O–H groups in total. The summed E-state index contributed by atoms with van der Waals surface area (Å²) in [6, 6.07) is -0.550. The maximum atomic E-state index is 12.0. The van der Waals surface area contributed by atoms with E-state index in [0.717, 1.165) is 25.7 Å². The van der Waals surface area contributed by atoms with Gasteiger partial charge in [-0.2, -0.15) is 0 Å². The van der Waals surface area contributed by atoms with Gasteiger partial charge in [-0.3, -0.25) is 19.7 Å². The molecular weight excluding hydrogens is 232 g/mol. The Bertz CT molecular complexity index is 328. The predicted octanol–water partition coefficient (Wildman–Crippen LogP) is 1.12. The number of imide groups is 1. The summed E-state index contributed by atoms with van der Waals surface area (Å²) >= 11 is 0. The Kier molecular flexibility index (Phi) is 5.82. The van der Waals surface area contributed by atoms with E-state index in [1.807, 2.05) is 6.92 Å². The van der Waals surface area contributed by atoms with Crippen molar-refractivity contribution in [3.63, 3.8) is 0 Å². The fourth-order valence-electron chi connectivity index (χ4n) is 2.09. The zero-order valence-electron chi connectivity index (χ0n) is 11.1. The van der Waals surface area contributed by atoms with Crippen LogP contribution < -0.4 is 10.6 Å². The molecule has 0 aliphatic carbocycles. The van der Waals surface area contributed by atoms with Crippen LogP contribution in [0.2, 0.25) is 0 Å². The lowest BCUT2D eigenvalue weighted by molar-refractivity contribution is -0.138. The molecule has 5 nitrogen and oxygen atoms in total. The summed E-state index contributed by atoms with van der Waals surface area (Å²) in [5, 5.41) is 4.99. The van der Waals surface area contributed by atoms with Crippen molar-refractivity contribution in [3.05, 3.63) is 0 Å². The van der Waals surface area contributed by atoms with Crippen LogP contribution >= 0.6 is 0 Å². The first kappa shape index (κ1) is 14.7. The summed E-state index contributed by atoms with van der Waals surface area (Å²) in [5.41, 5.74) is 0. The number of amides is 3. The van der Waals surface area contributed by atoms with Crippen molar-refractivity contribution in [1.29, 1.82) is 0 Å². The van der Waals surface area contributed by atoms with Gasteiger partial charge in [0.2, 0.25) is 17.7 Å². The van der Waals surface area contributed by atoms with E-state index in [9.17, 15) is 14.4 Å². The van der Waals surface area contributed by atoms with Crippen LogP contribution in [0.15, 0.2) is 0 Å². The van der Waals surface area contributed by atoms with Gasteiger partial charge in [-0.1, -0.05) is 26.7 Å². The molecule has 1 aliphatic rings. The minimum atomic E-state index is -0.550. The molecule has 18 heavy (non-hydrogen) atoms. The first-order valence-corrected chi connectivity index (χ1v) is 6.72. The average Bonchev–Trinajstić information content (AvgIpc) is 2.34.